The first-order valence-electron chi connectivity index (χ1n) is 8.60. The van der Waals surface area contributed by atoms with Crippen LogP contribution in [0, 0.1) is 5.92 Å². The summed E-state index contributed by atoms with van der Waals surface area (Å²) in [5.41, 5.74) is 1.40. The molecule has 0 aliphatic carbocycles. The fourth-order valence-corrected chi connectivity index (χ4v) is 3.22. The number of nitrogens with one attached hydrogen (secondary N) is 2. The van der Waals surface area contributed by atoms with Crippen molar-refractivity contribution in [3.63, 3.8) is 0 Å². The minimum atomic E-state index is -0.344. The first-order valence-corrected chi connectivity index (χ1v) is 8.60. The van der Waals surface area contributed by atoms with Gasteiger partial charge in [0.15, 0.2) is 0 Å². The summed E-state index contributed by atoms with van der Waals surface area (Å²) in [5.74, 6) is -0.650. The Labute approximate surface area is 146 Å². The van der Waals surface area contributed by atoms with Gasteiger partial charge in [0.2, 0.25) is 17.7 Å². The largest absolute Gasteiger partial charge is 0.376 e. The van der Waals surface area contributed by atoms with E-state index in [0.717, 1.165) is 25.1 Å². The van der Waals surface area contributed by atoms with E-state index in [0.29, 0.717) is 18.8 Å². The second kappa shape index (κ2) is 7.65. The van der Waals surface area contributed by atoms with E-state index < -0.39 is 0 Å². The molecule has 2 atom stereocenters. The van der Waals surface area contributed by atoms with Crippen LogP contribution < -0.4 is 15.5 Å². The third-order valence-electron chi connectivity index (χ3n) is 4.52. The van der Waals surface area contributed by atoms with Gasteiger partial charge in [-0.3, -0.25) is 14.4 Å². The Morgan fingerprint density at radius 3 is 2.68 bits per heavy atom. The maximum Gasteiger partial charge on any atom is 0.227 e. The second-order valence-corrected chi connectivity index (χ2v) is 6.51. The highest BCUT2D eigenvalue weighted by Gasteiger charge is 2.35. The van der Waals surface area contributed by atoms with Crippen molar-refractivity contribution in [3.8, 4) is 0 Å². The van der Waals surface area contributed by atoms with E-state index in [9.17, 15) is 14.4 Å². The molecule has 7 nitrogen and oxygen atoms in total. The lowest BCUT2D eigenvalue weighted by Crippen LogP contribution is -2.37. The summed E-state index contributed by atoms with van der Waals surface area (Å²) in [5, 5.41) is 5.59. The molecule has 0 bridgehead atoms. The zero-order valence-corrected chi connectivity index (χ0v) is 14.3. The molecule has 7 heteroatoms. The first-order chi connectivity index (χ1) is 12.0. The molecular weight excluding hydrogens is 322 g/mol. The molecule has 3 rings (SSSR count). The molecule has 1 aromatic rings. The van der Waals surface area contributed by atoms with Crippen LogP contribution in [-0.2, 0) is 19.1 Å². The van der Waals surface area contributed by atoms with Crippen molar-refractivity contribution in [1.29, 1.82) is 0 Å². The van der Waals surface area contributed by atoms with Crippen molar-refractivity contribution in [2.24, 2.45) is 5.92 Å². The molecule has 0 aromatic heterocycles. The Bertz CT molecular complexity index is 653. The second-order valence-electron chi connectivity index (χ2n) is 6.51. The number of amides is 3. The molecule has 2 unspecified atom stereocenters. The van der Waals surface area contributed by atoms with E-state index in [1.54, 1.807) is 29.2 Å². The van der Waals surface area contributed by atoms with Crippen LogP contribution >= 0.6 is 0 Å². The summed E-state index contributed by atoms with van der Waals surface area (Å²) in [4.78, 5) is 37.2. The van der Waals surface area contributed by atoms with Crippen LogP contribution in [0.1, 0.15) is 26.2 Å². The van der Waals surface area contributed by atoms with Crippen LogP contribution in [0.3, 0.4) is 0 Å². The molecule has 2 aliphatic rings. The Morgan fingerprint density at radius 1 is 1.28 bits per heavy atom. The van der Waals surface area contributed by atoms with Gasteiger partial charge in [-0.15, -0.1) is 0 Å². The van der Waals surface area contributed by atoms with Crippen molar-refractivity contribution in [2.45, 2.75) is 32.3 Å². The van der Waals surface area contributed by atoms with Crippen molar-refractivity contribution >= 4 is 29.1 Å². The highest BCUT2D eigenvalue weighted by molar-refractivity contribution is 6.00. The minimum absolute atomic E-state index is 0.0652. The smallest absolute Gasteiger partial charge is 0.227 e. The number of nitrogens with zero attached hydrogens (tertiary/aromatic N) is 1. The molecule has 2 N–H and O–H groups in total. The van der Waals surface area contributed by atoms with Crippen molar-refractivity contribution in [3.05, 3.63) is 24.3 Å². The number of hydrogen-bond donors (Lipinski definition) is 2. The molecule has 25 heavy (non-hydrogen) atoms. The average Bonchev–Trinajstić information content (AvgIpc) is 3.22. The quantitative estimate of drug-likeness (QED) is 0.842. The van der Waals surface area contributed by atoms with Crippen LogP contribution in [-0.4, -0.2) is 43.5 Å². The van der Waals surface area contributed by atoms with Gasteiger partial charge in [0, 0.05) is 44.4 Å². The third kappa shape index (κ3) is 4.36. The monoisotopic (exact) mass is 345 g/mol. The summed E-state index contributed by atoms with van der Waals surface area (Å²) in [6, 6.07) is 7.04. The number of carbonyl (C=O) groups excluding carboxylic acids is 3. The van der Waals surface area contributed by atoms with Crippen LogP contribution in [0.25, 0.3) is 0 Å². The predicted octanol–water partition coefficient (Wildman–Crippen LogP) is 1.29. The third-order valence-corrected chi connectivity index (χ3v) is 4.52. The molecule has 3 amide bonds. The summed E-state index contributed by atoms with van der Waals surface area (Å²) in [6.45, 7) is 3.08. The molecule has 0 saturated carbocycles. The van der Waals surface area contributed by atoms with Crippen LogP contribution in [0.5, 0.6) is 0 Å². The summed E-state index contributed by atoms with van der Waals surface area (Å²) in [7, 11) is 0. The molecular formula is C18H23N3O4. The lowest BCUT2D eigenvalue weighted by molar-refractivity contribution is -0.126. The number of ether oxygens (including phenoxy) is 1. The SMILES string of the molecule is CC(=O)Nc1ccc(N2CC(C(=O)NCC3CCCO3)CC2=O)cc1. The van der Waals surface area contributed by atoms with Gasteiger partial charge < -0.3 is 20.3 Å². The Morgan fingerprint density at radius 2 is 2.04 bits per heavy atom. The molecule has 0 spiro atoms. The van der Waals surface area contributed by atoms with E-state index in [1.807, 2.05) is 0 Å². The lowest BCUT2D eigenvalue weighted by Gasteiger charge is -2.18. The lowest BCUT2D eigenvalue weighted by atomic mass is 10.1. The van der Waals surface area contributed by atoms with Gasteiger partial charge in [-0.2, -0.15) is 0 Å². The van der Waals surface area contributed by atoms with Crippen LogP contribution in [0.15, 0.2) is 24.3 Å². The Hall–Kier alpha value is -2.41. The standard InChI is InChI=1S/C18H23N3O4/c1-12(22)20-14-4-6-15(7-5-14)21-11-13(9-17(21)23)18(24)19-10-16-3-2-8-25-16/h4-7,13,16H,2-3,8-11H2,1H3,(H,19,24)(H,20,22). The molecule has 2 heterocycles. The molecule has 0 radical (unpaired) electrons. The van der Waals surface area contributed by atoms with Crippen molar-refractivity contribution < 1.29 is 19.1 Å². The molecule has 2 saturated heterocycles. The highest BCUT2D eigenvalue weighted by Crippen LogP contribution is 2.26. The van der Waals surface area contributed by atoms with E-state index >= 15 is 0 Å². The normalized spacial score (nSPS) is 22.9. The Kier molecular flexibility index (Phi) is 5.33. The van der Waals surface area contributed by atoms with Gasteiger partial charge in [0.25, 0.3) is 0 Å². The van der Waals surface area contributed by atoms with Crippen LogP contribution in [0.4, 0.5) is 11.4 Å². The number of benzene rings is 1. The van der Waals surface area contributed by atoms with E-state index in [-0.39, 0.29) is 36.2 Å². The van der Waals surface area contributed by atoms with Gasteiger partial charge in [0.1, 0.15) is 0 Å². The van der Waals surface area contributed by atoms with Crippen molar-refractivity contribution in [1.82, 2.24) is 5.32 Å². The molecule has 2 fully saturated rings. The number of hydrogen-bond acceptors (Lipinski definition) is 4. The van der Waals surface area contributed by atoms with Crippen molar-refractivity contribution in [2.75, 3.05) is 29.9 Å². The maximum atomic E-state index is 12.3. The van der Waals surface area contributed by atoms with Gasteiger partial charge in [-0.25, -0.2) is 0 Å². The highest BCUT2D eigenvalue weighted by atomic mass is 16.5. The molecule has 2 aliphatic heterocycles. The molecule has 134 valence electrons. The fraction of sp³-hybridized carbons (Fsp3) is 0.500. The number of carbonyl (C=O) groups is 3. The van der Waals surface area contributed by atoms with Gasteiger partial charge in [-0.1, -0.05) is 0 Å². The average molecular weight is 345 g/mol. The van der Waals surface area contributed by atoms with E-state index in [1.165, 1.54) is 6.92 Å². The summed E-state index contributed by atoms with van der Waals surface area (Å²) in [6.07, 6.45) is 2.31. The maximum absolute atomic E-state index is 12.3. The first kappa shape index (κ1) is 17.4. The number of anilines is 2. The Balaban J connectivity index is 1.56. The van der Waals surface area contributed by atoms with Crippen LogP contribution in [0.2, 0.25) is 0 Å². The van der Waals surface area contributed by atoms with Gasteiger partial charge in [-0.05, 0) is 37.1 Å². The van der Waals surface area contributed by atoms with E-state index in [4.69, 9.17) is 4.74 Å². The number of rotatable bonds is 5. The molecule has 1 aromatic carbocycles. The van der Waals surface area contributed by atoms with E-state index in [2.05, 4.69) is 10.6 Å². The summed E-state index contributed by atoms with van der Waals surface area (Å²) >= 11 is 0. The zero-order valence-electron chi connectivity index (χ0n) is 14.3. The zero-order chi connectivity index (χ0) is 17.8. The minimum Gasteiger partial charge on any atom is -0.376 e. The summed E-state index contributed by atoms with van der Waals surface area (Å²) < 4.78 is 5.49. The topological polar surface area (TPSA) is 87.7 Å². The predicted molar refractivity (Wildman–Crippen MR) is 93.2 cm³/mol. The fourth-order valence-electron chi connectivity index (χ4n) is 3.22. The van der Waals surface area contributed by atoms with Gasteiger partial charge >= 0.3 is 0 Å². The van der Waals surface area contributed by atoms with Gasteiger partial charge in [0.05, 0.1) is 12.0 Å².